The van der Waals surface area contributed by atoms with Crippen LogP contribution < -0.4 is 20.3 Å². The Morgan fingerprint density at radius 3 is 2.70 bits per heavy atom. The van der Waals surface area contributed by atoms with E-state index in [2.05, 4.69) is 44.2 Å². The van der Waals surface area contributed by atoms with Crippen molar-refractivity contribution in [3.05, 3.63) is 15.7 Å². The van der Waals surface area contributed by atoms with Crippen molar-refractivity contribution in [2.75, 3.05) is 50.6 Å². The molecule has 0 unspecified atom stereocenters. The average Bonchev–Trinajstić information content (AvgIpc) is 3.08. The van der Waals surface area contributed by atoms with Crippen LogP contribution in [0.1, 0.15) is 12.8 Å². The zero-order valence-electron chi connectivity index (χ0n) is 13.5. The molecule has 2 N–H and O–H groups in total. The Morgan fingerprint density at radius 1 is 1.22 bits per heavy atom. The summed E-state index contributed by atoms with van der Waals surface area (Å²) in [6.45, 7) is 3.77. The Kier molecular flexibility index (Phi) is 5.37. The molecule has 0 aliphatic carbocycles. The van der Waals surface area contributed by atoms with Gasteiger partial charge in [-0.1, -0.05) is 0 Å². The Bertz CT molecular complexity index is 688. The van der Waals surface area contributed by atoms with E-state index in [1.54, 1.807) is 7.11 Å². The molecule has 2 heterocycles. The smallest absolute Gasteiger partial charge is 0.227 e. The highest BCUT2D eigenvalue weighted by Gasteiger charge is 2.18. The maximum atomic E-state index is 5.45. The molecule has 2 aromatic rings. The molecule has 1 fully saturated rings. The van der Waals surface area contributed by atoms with Crippen molar-refractivity contribution in [1.29, 1.82) is 0 Å². The first kappa shape index (κ1) is 16.5. The van der Waals surface area contributed by atoms with E-state index in [1.165, 1.54) is 12.8 Å². The van der Waals surface area contributed by atoms with Gasteiger partial charge in [0.1, 0.15) is 11.6 Å². The lowest BCUT2D eigenvalue weighted by Crippen LogP contribution is -2.22. The Balaban J connectivity index is 2.05. The highest BCUT2D eigenvalue weighted by atomic mass is 127. The summed E-state index contributed by atoms with van der Waals surface area (Å²) in [6.07, 6.45) is 2.42. The normalized spacial score (nSPS) is 14.5. The van der Waals surface area contributed by atoms with Crippen LogP contribution in [0.5, 0.6) is 5.75 Å². The van der Waals surface area contributed by atoms with E-state index < -0.39 is 0 Å². The zero-order chi connectivity index (χ0) is 16.2. The summed E-state index contributed by atoms with van der Waals surface area (Å²) >= 11 is 2.29. The van der Waals surface area contributed by atoms with Crippen LogP contribution >= 0.6 is 22.6 Å². The number of fused-ring (bicyclic) bond motifs is 1. The van der Waals surface area contributed by atoms with Crippen molar-refractivity contribution in [3.63, 3.8) is 0 Å². The van der Waals surface area contributed by atoms with Gasteiger partial charge in [-0.15, -0.1) is 0 Å². The molecule has 0 atom stereocenters. The van der Waals surface area contributed by atoms with E-state index in [1.807, 2.05) is 13.1 Å². The quantitative estimate of drug-likeness (QED) is 0.546. The van der Waals surface area contributed by atoms with Gasteiger partial charge in [0, 0.05) is 31.6 Å². The molecule has 124 valence electrons. The number of nitrogens with one attached hydrogen (secondary N) is 2. The lowest BCUT2D eigenvalue weighted by atomic mass is 10.2. The number of ether oxygens (including phenoxy) is 1. The number of likely N-dealkylation sites (N-methyl/N-ethyl adjacent to an activating group) is 1. The van der Waals surface area contributed by atoms with E-state index in [9.17, 15) is 0 Å². The molecule has 0 saturated carbocycles. The molecule has 1 aromatic carbocycles. The van der Waals surface area contributed by atoms with Crippen LogP contribution in [-0.4, -0.2) is 50.3 Å². The highest BCUT2D eigenvalue weighted by Crippen LogP contribution is 2.31. The molecule has 1 saturated heterocycles. The minimum absolute atomic E-state index is 0.816. The second-order valence-corrected chi connectivity index (χ2v) is 6.76. The molecule has 0 bridgehead atoms. The molecular weight excluding hydrogens is 405 g/mol. The third-order valence-electron chi connectivity index (χ3n) is 4.01. The maximum Gasteiger partial charge on any atom is 0.227 e. The summed E-state index contributed by atoms with van der Waals surface area (Å²) in [5.41, 5.74) is 0.957. The summed E-state index contributed by atoms with van der Waals surface area (Å²) in [5.74, 6) is 2.55. The molecule has 1 aromatic heterocycles. The number of nitrogens with zero attached hydrogens (tertiary/aromatic N) is 3. The number of halogens is 1. The minimum atomic E-state index is 0.816. The second-order valence-electron chi connectivity index (χ2n) is 5.60. The molecule has 3 rings (SSSR count). The van der Waals surface area contributed by atoms with Crippen LogP contribution in [0.3, 0.4) is 0 Å². The summed E-state index contributed by atoms with van der Waals surface area (Å²) in [4.78, 5) is 11.8. The third-order valence-corrected chi connectivity index (χ3v) is 4.86. The van der Waals surface area contributed by atoms with Gasteiger partial charge >= 0.3 is 0 Å². The van der Waals surface area contributed by atoms with Crippen molar-refractivity contribution in [1.82, 2.24) is 15.3 Å². The number of hydrogen-bond donors (Lipinski definition) is 2. The van der Waals surface area contributed by atoms with Crippen molar-refractivity contribution >= 4 is 45.3 Å². The van der Waals surface area contributed by atoms with Crippen molar-refractivity contribution in [3.8, 4) is 5.75 Å². The van der Waals surface area contributed by atoms with Crippen LogP contribution in [0.25, 0.3) is 10.9 Å². The SMILES string of the molecule is CNCCNc1nc(N2CCCC2)nc2cc(I)c(OC)cc12. The van der Waals surface area contributed by atoms with Crippen molar-refractivity contribution in [2.45, 2.75) is 12.8 Å². The minimum Gasteiger partial charge on any atom is -0.496 e. The molecule has 23 heavy (non-hydrogen) atoms. The fourth-order valence-electron chi connectivity index (χ4n) is 2.77. The van der Waals surface area contributed by atoms with Gasteiger partial charge in [0.2, 0.25) is 5.95 Å². The highest BCUT2D eigenvalue weighted by molar-refractivity contribution is 14.1. The first-order valence-electron chi connectivity index (χ1n) is 7.91. The van der Waals surface area contributed by atoms with Crippen molar-refractivity contribution < 1.29 is 4.74 Å². The molecule has 0 spiro atoms. The van der Waals surface area contributed by atoms with Gasteiger partial charge in [0.25, 0.3) is 0 Å². The molecular formula is C16H22IN5O. The number of anilines is 2. The molecule has 1 aliphatic heterocycles. The van der Waals surface area contributed by atoms with E-state index >= 15 is 0 Å². The maximum absolute atomic E-state index is 5.45. The zero-order valence-corrected chi connectivity index (χ0v) is 15.7. The number of aromatic nitrogens is 2. The molecule has 1 aliphatic rings. The number of rotatable bonds is 6. The van der Waals surface area contributed by atoms with Gasteiger partial charge in [0.15, 0.2) is 0 Å². The van der Waals surface area contributed by atoms with E-state index in [0.717, 1.165) is 58.2 Å². The molecule has 6 nitrogen and oxygen atoms in total. The molecule has 7 heteroatoms. The fourth-order valence-corrected chi connectivity index (χ4v) is 3.44. The van der Waals surface area contributed by atoms with Crippen molar-refractivity contribution in [2.24, 2.45) is 0 Å². The van der Waals surface area contributed by atoms with E-state index in [0.29, 0.717) is 0 Å². The number of methoxy groups -OCH3 is 1. The molecule has 0 radical (unpaired) electrons. The number of hydrogen-bond acceptors (Lipinski definition) is 6. The number of benzene rings is 1. The summed E-state index contributed by atoms with van der Waals surface area (Å²) in [5, 5.41) is 7.57. The van der Waals surface area contributed by atoms with Gasteiger partial charge in [-0.2, -0.15) is 4.98 Å². The van der Waals surface area contributed by atoms with Crippen LogP contribution in [0.2, 0.25) is 0 Å². The van der Waals surface area contributed by atoms with Gasteiger partial charge in [-0.05, 0) is 54.6 Å². The first-order chi connectivity index (χ1) is 11.2. The summed E-state index contributed by atoms with van der Waals surface area (Å²) < 4.78 is 6.51. The predicted octanol–water partition coefficient (Wildman–Crippen LogP) is 2.47. The Morgan fingerprint density at radius 2 is 2.00 bits per heavy atom. The average molecular weight is 427 g/mol. The van der Waals surface area contributed by atoms with Gasteiger partial charge in [0.05, 0.1) is 16.2 Å². The van der Waals surface area contributed by atoms with Crippen LogP contribution in [0.15, 0.2) is 12.1 Å². The first-order valence-corrected chi connectivity index (χ1v) is 8.99. The van der Waals surface area contributed by atoms with Crippen LogP contribution in [-0.2, 0) is 0 Å². The monoisotopic (exact) mass is 427 g/mol. The lowest BCUT2D eigenvalue weighted by Gasteiger charge is -2.18. The second kappa shape index (κ2) is 7.48. The summed E-state index contributed by atoms with van der Waals surface area (Å²) in [6, 6.07) is 4.09. The summed E-state index contributed by atoms with van der Waals surface area (Å²) in [7, 11) is 3.64. The van der Waals surface area contributed by atoms with Gasteiger partial charge < -0.3 is 20.3 Å². The van der Waals surface area contributed by atoms with E-state index in [-0.39, 0.29) is 0 Å². The largest absolute Gasteiger partial charge is 0.496 e. The van der Waals surface area contributed by atoms with Gasteiger partial charge in [-0.3, -0.25) is 0 Å². The predicted molar refractivity (Wildman–Crippen MR) is 103 cm³/mol. The lowest BCUT2D eigenvalue weighted by molar-refractivity contribution is 0.412. The standard InChI is InChI=1S/C16H22IN5O/c1-18-5-6-19-15-11-9-14(23-2)12(17)10-13(11)20-16(21-15)22-7-3-4-8-22/h9-10,18H,3-8H2,1-2H3,(H,19,20,21). The Labute approximate surface area is 150 Å². The third kappa shape index (κ3) is 3.60. The van der Waals surface area contributed by atoms with E-state index in [4.69, 9.17) is 14.7 Å². The molecule has 0 amide bonds. The fraction of sp³-hybridized carbons (Fsp3) is 0.500. The van der Waals surface area contributed by atoms with Crippen LogP contribution in [0, 0.1) is 3.57 Å². The van der Waals surface area contributed by atoms with Gasteiger partial charge in [-0.25, -0.2) is 4.98 Å². The Hall–Kier alpha value is -1.35. The topological polar surface area (TPSA) is 62.3 Å². The van der Waals surface area contributed by atoms with Crippen LogP contribution in [0.4, 0.5) is 11.8 Å².